The van der Waals surface area contributed by atoms with Crippen molar-refractivity contribution in [3.63, 3.8) is 0 Å². The summed E-state index contributed by atoms with van der Waals surface area (Å²) in [4.78, 5) is 31.7. The van der Waals surface area contributed by atoms with Crippen LogP contribution in [0.4, 0.5) is 5.69 Å². The molecule has 1 aliphatic heterocycles. The number of carbonyl (C=O) groups excluding carboxylic acids is 2. The van der Waals surface area contributed by atoms with Gasteiger partial charge in [-0.3, -0.25) is 14.5 Å². The lowest BCUT2D eigenvalue weighted by Crippen LogP contribution is -2.42. The van der Waals surface area contributed by atoms with Gasteiger partial charge in [-0.15, -0.1) is 11.3 Å². The van der Waals surface area contributed by atoms with Crippen molar-refractivity contribution in [1.29, 1.82) is 0 Å². The van der Waals surface area contributed by atoms with Gasteiger partial charge < -0.3 is 4.74 Å². The van der Waals surface area contributed by atoms with Crippen LogP contribution in [0.3, 0.4) is 0 Å². The van der Waals surface area contributed by atoms with Gasteiger partial charge >= 0.3 is 0 Å². The average Bonchev–Trinajstić information content (AvgIpc) is 3.30. The molecule has 0 saturated carbocycles. The number of rotatable bonds is 6. The molecule has 0 atom stereocenters. The zero-order valence-corrected chi connectivity index (χ0v) is 18.0. The van der Waals surface area contributed by atoms with Crippen LogP contribution in [0.25, 0.3) is 11.3 Å². The number of fused-ring (bicyclic) bond motifs is 1. The molecule has 158 valence electrons. The normalized spacial score (nSPS) is 12.9. The number of thiazole rings is 1. The van der Waals surface area contributed by atoms with Crippen LogP contribution < -0.4 is 9.64 Å². The Hall–Kier alpha value is -3.77. The molecule has 5 rings (SSSR count). The van der Waals surface area contributed by atoms with E-state index in [9.17, 15) is 9.59 Å². The Morgan fingerprint density at radius 2 is 1.75 bits per heavy atom. The number of anilines is 1. The highest BCUT2D eigenvalue weighted by molar-refractivity contribution is 7.10. The Labute approximate surface area is 189 Å². The number of benzene rings is 3. The highest BCUT2D eigenvalue weighted by atomic mass is 32.1. The van der Waals surface area contributed by atoms with Crippen LogP contribution in [0, 0.1) is 0 Å². The fraction of sp³-hybridized carbons (Fsp3) is 0.115. The van der Waals surface area contributed by atoms with E-state index in [0.717, 1.165) is 22.7 Å². The van der Waals surface area contributed by atoms with E-state index in [4.69, 9.17) is 9.72 Å². The van der Waals surface area contributed by atoms with Crippen LogP contribution in [0.15, 0.2) is 84.2 Å². The molecule has 0 unspecified atom stereocenters. The van der Waals surface area contributed by atoms with Crippen LogP contribution in [0.2, 0.25) is 0 Å². The number of carbonyl (C=O) groups is 2. The summed E-state index contributed by atoms with van der Waals surface area (Å²) in [7, 11) is 0. The van der Waals surface area contributed by atoms with Crippen molar-refractivity contribution < 1.29 is 14.3 Å². The standard InChI is InChI=1S/C26H20N2O3S/c29-23(19-9-5-2-6-10-19)15-28-22-14-20(11-12-24(22)31-16-26(28)30)21-17-32-25(27-21)13-18-7-3-1-4-8-18/h1-12,14,17H,13,15-16H2. The van der Waals surface area contributed by atoms with Crippen molar-refractivity contribution in [2.24, 2.45) is 0 Å². The van der Waals surface area contributed by atoms with E-state index in [1.165, 1.54) is 10.5 Å². The van der Waals surface area contributed by atoms with E-state index in [1.54, 1.807) is 23.5 Å². The summed E-state index contributed by atoms with van der Waals surface area (Å²) in [6.45, 7) is -0.106. The Morgan fingerprint density at radius 1 is 1.00 bits per heavy atom. The van der Waals surface area contributed by atoms with Gasteiger partial charge in [0.25, 0.3) is 5.91 Å². The van der Waals surface area contributed by atoms with E-state index < -0.39 is 0 Å². The summed E-state index contributed by atoms with van der Waals surface area (Å²) < 4.78 is 5.61. The van der Waals surface area contributed by atoms with Crippen LogP contribution in [-0.4, -0.2) is 29.8 Å². The number of nitrogens with zero attached hydrogens (tertiary/aromatic N) is 2. The van der Waals surface area contributed by atoms with Gasteiger partial charge in [0.1, 0.15) is 5.75 Å². The monoisotopic (exact) mass is 440 g/mol. The quantitative estimate of drug-likeness (QED) is 0.396. The fourth-order valence-corrected chi connectivity index (χ4v) is 4.53. The van der Waals surface area contributed by atoms with Crippen LogP contribution in [0.5, 0.6) is 5.75 Å². The summed E-state index contributed by atoms with van der Waals surface area (Å²) in [5.74, 6) is 0.243. The van der Waals surface area contributed by atoms with Crippen molar-refractivity contribution in [2.45, 2.75) is 6.42 Å². The lowest BCUT2D eigenvalue weighted by Gasteiger charge is -2.29. The van der Waals surface area contributed by atoms with Gasteiger partial charge in [-0.1, -0.05) is 60.7 Å². The molecule has 0 radical (unpaired) electrons. The molecule has 0 saturated heterocycles. The van der Waals surface area contributed by atoms with Crippen LogP contribution in [0.1, 0.15) is 20.9 Å². The molecule has 0 fully saturated rings. The molecule has 4 aromatic rings. The molecule has 2 heterocycles. The van der Waals surface area contributed by atoms with E-state index in [1.807, 2.05) is 60.0 Å². The number of Topliss-reactive ketones (excluding diaryl/α,β-unsaturated/α-hetero) is 1. The van der Waals surface area contributed by atoms with Gasteiger partial charge in [0.2, 0.25) is 0 Å². The van der Waals surface area contributed by atoms with Gasteiger partial charge in [0.15, 0.2) is 12.4 Å². The van der Waals surface area contributed by atoms with E-state index in [2.05, 4.69) is 12.1 Å². The van der Waals surface area contributed by atoms with Crippen molar-refractivity contribution in [2.75, 3.05) is 18.1 Å². The molecular formula is C26H20N2O3S. The molecule has 6 heteroatoms. The molecule has 0 spiro atoms. The van der Waals surface area contributed by atoms with Crippen molar-refractivity contribution in [1.82, 2.24) is 4.98 Å². The SMILES string of the molecule is O=C(CN1C(=O)COc2ccc(-c3csc(Cc4ccccc4)n3)cc21)c1ccccc1. The first-order valence-electron chi connectivity index (χ1n) is 10.3. The third-order valence-corrected chi connectivity index (χ3v) is 6.19. The second kappa shape index (κ2) is 8.77. The Balaban J connectivity index is 1.41. The molecule has 0 aliphatic carbocycles. The number of ketones is 1. The summed E-state index contributed by atoms with van der Waals surface area (Å²) >= 11 is 1.61. The highest BCUT2D eigenvalue weighted by Gasteiger charge is 2.28. The zero-order chi connectivity index (χ0) is 21.9. The third-order valence-electron chi connectivity index (χ3n) is 5.35. The van der Waals surface area contributed by atoms with E-state index in [0.29, 0.717) is 17.0 Å². The molecule has 1 aromatic heterocycles. The predicted molar refractivity (Wildman–Crippen MR) is 125 cm³/mol. The first-order chi connectivity index (χ1) is 15.7. The maximum atomic E-state index is 12.8. The van der Waals surface area contributed by atoms with Gasteiger partial charge in [-0.05, 0) is 23.8 Å². The number of hydrogen-bond acceptors (Lipinski definition) is 5. The number of ether oxygens (including phenoxy) is 1. The number of hydrogen-bond donors (Lipinski definition) is 0. The Morgan fingerprint density at radius 3 is 2.53 bits per heavy atom. The molecule has 32 heavy (non-hydrogen) atoms. The minimum absolute atomic E-state index is 0.0288. The van der Waals surface area contributed by atoms with Crippen molar-refractivity contribution in [3.05, 3.63) is 100 Å². The summed E-state index contributed by atoms with van der Waals surface area (Å²) in [6, 6.07) is 24.9. The first kappa shape index (κ1) is 20.2. The molecule has 1 amide bonds. The molecule has 3 aromatic carbocycles. The van der Waals surface area contributed by atoms with Gasteiger partial charge in [0.05, 0.1) is 22.9 Å². The second-order valence-electron chi connectivity index (χ2n) is 7.53. The number of amides is 1. The molecule has 0 bridgehead atoms. The van der Waals surface area contributed by atoms with Gasteiger partial charge in [0, 0.05) is 22.9 Å². The minimum Gasteiger partial charge on any atom is -0.482 e. The van der Waals surface area contributed by atoms with Crippen LogP contribution in [-0.2, 0) is 11.2 Å². The lowest BCUT2D eigenvalue weighted by atomic mass is 10.1. The minimum atomic E-state index is -0.234. The predicted octanol–water partition coefficient (Wildman–Crippen LogP) is 5.01. The van der Waals surface area contributed by atoms with Gasteiger partial charge in [-0.2, -0.15) is 0 Å². The van der Waals surface area contributed by atoms with Crippen molar-refractivity contribution >= 4 is 28.7 Å². The molecule has 5 nitrogen and oxygen atoms in total. The Bertz CT molecular complexity index is 1270. The smallest absolute Gasteiger partial charge is 0.265 e. The largest absolute Gasteiger partial charge is 0.482 e. The lowest BCUT2D eigenvalue weighted by molar-refractivity contribution is -0.121. The maximum absolute atomic E-state index is 12.8. The van der Waals surface area contributed by atoms with Gasteiger partial charge in [-0.25, -0.2) is 4.98 Å². The molecule has 1 aliphatic rings. The summed E-state index contributed by atoms with van der Waals surface area (Å²) in [5.41, 5.74) is 4.12. The van der Waals surface area contributed by atoms with Crippen molar-refractivity contribution in [3.8, 4) is 17.0 Å². The zero-order valence-electron chi connectivity index (χ0n) is 17.2. The van der Waals surface area contributed by atoms with Crippen LogP contribution >= 0.6 is 11.3 Å². The first-order valence-corrected chi connectivity index (χ1v) is 11.2. The van der Waals surface area contributed by atoms with E-state index in [-0.39, 0.29) is 24.8 Å². The highest BCUT2D eigenvalue weighted by Crippen LogP contribution is 2.36. The fourth-order valence-electron chi connectivity index (χ4n) is 3.69. The maximum Gasteiger partial charge on any atom is 0.265 e. The third kappa shape index (κ3) is 4.18. The second-order valence-corrected chi connectivity index (χ2v) is 8.47. The number of aromatic nitrogens is 1. The Kier molecular flexibility index (Phi) is 5.52. The molecular weight excluding hydrogens is 420 g/mol. The summed E-state index contributed by atoms with van der Waals surface area (Å²) in [6.07, 6.45) is 0.774. The summed E-state index contributed by atoms with van der Waals surface area (Å²) in [5, 5.41) is 3.04. The topological polar surface area (TPSA) is 59.5 Å². The van der Waals surface area contributed by atoms with E-state index >= 15 is 0 Å². The average molecular weight is 441 g/mol. The molecule has 0 N–H and O–H groups in total.